The number of aliphatic hydroxyl groups is 1. The Hall–Kier alpha value is -3.75. The number of carbonyl (C=O) groups is 3. The number of ether oxygens (including phenoxy) is 2. The first-order valence-electron chi connectivity index (χ1n) is 15.3. The molecular formula is C35H40N2O6. The van der Waals surface area contributed by atoms with E-state index in [1.165, 1.54) is 4.90 Å². The lowest BCUT2D eigenvalue weighted by atomic mass is 9.74. The number of anilines is 1. The molecule has 4 heterocycles. The molecule has 4 aliphatic heterocycles. The molecule has 1 unspecified atom stereocenters. The van der Waals surface area contributed by atoms with Crippen LogP contribution in [-0.4, -0.2) is 70.8 Å². The van der Waals surface area contributed by atoms with Crippen LogP contribution < -0.4 is 4.90 Å². The number of fused-ring (bicyclic) bond motifs is 2. The van der Waals surface area contributed by atoms with Gasteiger partial charge in [0.15, 0.2) is 0 Å². The van der Waals surface area contributed by atoms with Crippen LogP contribution in [-0.2, 0) is 30.3 Å². The Bertz CT molecular complexity index is 1450. The van der Waals surface area contributed by atoms with E-state index in [2.05, 4.69) is 0 Å². The van der Waals surface area contributed by atoms with Gasteiger partial charge in [0.2, 0.25) is 5.91 Å². The third-order valence-electron chi connectivity index (χ3n) is 9.57. The van der Waals surface area contributed by atoms with Gasteiger partial charge in [-0.15, -0.1) is 0 Å². The fourth-order valence-corrected chi connectivity index (χ4v) is 7.70. The minimum absolute atomic E-state index is 0.267. The molecule has 8 nitrogen and oxygen atoms in total. The fourth-order valence-electron chi connectivity index (χ4n) is 7.70. The molecule has 0 aromatic heterocycles. The van der Waals surface area contributed by atoms with E-state index in [-0.39, 0.29) is 31.6 Å². The molecule has 0 aliphatic carbocycles. The monoisotopic (exact) mass is 584 g/mol. The fraction of sp³-hybridized carbons (Fsp3) is 0.457. The second-order valence-corrected chi connectivity index (χ2v) is 12.4. The van der Waals surface area contributed by atoms with Crippen molar-refractivity contribution in [2.24, 2.45) is 11.8 Å². The number of likely N-dealkylation sites (tertiary alicyclic amines) is 1. The maximum Gasteiger partial charge on any atom is 0.313 e. The van der Waals surface area contributed by atoms with E-state index in [1.807, 2.05) is 93.6 Å². The zero-order chi connectivity index (χ0) is 30.4. The molecule has 2 saturated heterocycles. The van der Waals surface area contributed by atoms with Crippen LogP contribution >= 0.6 is 0 Å². The van der Waals surface area contributed by atoms with E-state index >= 15 is 0 Å². The Balaban J connectivity index is 1.52. The number of hydrogen-bond donors (Lipinski definition) is 1. The number of carbonyl (C=O) groups excluding carboxylic acids is 3. The first-order chi connectivity index (χ1) is 20.7. The summed E-state index contributed by atoms with van der Waals surface area (Å²) in [5.74, 6) is -3.12. The molecule has 4 aliphatic rings. The molecule has 8 heteroatoms. The van der Waals surface area contributed by atoms with Crippen LogP contribution in [0.25, 0.3) is 0 Å². The lowest BCUT2D eigenvalue weighted by Crippen LogP contribution is -2.59. The molecular weight excluding hydrogens is 544 g/mol. The van der Waals surface area contributed by atoms with E-state index < -0.39 is 41.1 Å². The smallest absolute Gasteiger partial charge is 0.313 e. The number of aliphatic hydroxyl groups excluding tert-OH is 1. The van der Waals surface area contributed by atoms with Crippen LogP contribution in [0.15, 0.2) is 72.8 Å². The second-order valence-electron chi connectivity index (χ2n) is 12.4. The molecule has 2 aromatic carbocycles. The number of allylic oxidation sites excluding steroid dienone is 1. The number of esters is 1. The zero-order valence-corrected chi connectivity index (χ0v) is 25.1. The number of hydrogen-bond acceptors (Lipinski definition) is 6. The molecule has 0 bridgehead atoms. The van der Waals surface area contributed by atoms with E-state index in [4.69, 9.17) is 9.47 Å². The van der Waals surface area contributed by atoms with E-state index in [0.29, 0.717) is 6.42 Å². The Morgan fingerprint density at radius 3 is 2.40 bits per heavy atom. The van der Waals surface area contributed by atoms with Crippen LogP contribution in [0, 0.1) is 25.7 Å². The minimum atomic E-state index is -1.43. The third kappa shape index (κ3) is 4.81. The molecule has 2 fully saturated rings. The quantitative estimate of drug-likeness (QED) is 0.421. The molecule has 0 radical (unpaired) electrons. The highest BCUT2D eigenvalue weighted by atomic mass is 16.6. The van der Waals surface area contributed by atoms with Crippen molar-refractivity contribution in [1.29, 1.82) is 0 Å². The highest BCUT2D eigenvalue weighted by Gasteiger charge is 2.75. The molecule has 6 atom stereocenters. The van der Waals surface area contributed by atoms with E-state index in [9.17, 15) is 19.5 Å². The summed E-state index contributed by atoms with van der Waals surface area (Å²) in [7, 11) is 0. The van der Waals surface area contributed by atoms with Gasteiger partial charge < -0.3 is 24.4 Å². The van der Waals surface area contributed by atoms with Crippen LogP contribution in [0.3, 0.4) is 0 Å². The number of amides is 2. The number of rotatable bonds is 5. The van der Waals surface area contributed by atoms with E-state index in [0.717, 1.165) is 41.6 Å². The lowest BCUT2D eigenvalue weighted by Gasteiger charge is -2.40. The van der Waals surface area contributed by atoms with Crippen molar-refractivity contribution >= 4 is 23.5 Å². The third-order valence-corrected chi connectivity index (χ3v) is 9.57. The SMILES string of the molecule is Cc1cccc(C)c1N1CC=C[C@]23O[C@@]4(C)/C=C\CCCCOC(=O)[C@H]4[C@H]2C(=O)N([C@@H](CO)Cc2ccccc2)C3C1=O. The second kappa shape index (κ2) is 11.4. The van der Waals surface area contributed by atoms with Gasteiger partial charge >= 0.3 is 5.97 Å². The summed E-state index contributed by atoms with van der Waals surface area (Å²) in [6.07, 6.45) is 10.3. The van der Waals surface area contributed by atoms with Crippen molar-refractivity contribution in [1.82, 2.24) is 4.90 Å². The van der Waals surface area contributed by atoms with Crippen LogP contribution in [0.1, 0.15) is 42.9 Å². The van der Waals surface area contributed by atoms with Gasteiger partial charge in [-0.1, -0.05) is 72.8 Å². The normalized spacial score (nSPS) is 32.0. The zero-order valence-electron chi connectivity index (χ0n) is 25.1. The van der Waals surface area contributed by atoms with Gasteiger partial charge in [-0.05, 0) is 63.1 Å². The highest BCUT2D eigenvalue weighted by Crippen LogP contribution is 2.57. The maximum atomic E-state index is 14.9. The van der Waals surface area contributed by atoms with Gasteiger partial charge in [-0.25, -0.2) is 0 Å². The number of aryl methyl sites for hydroxylation is 2. The van der Waals surface area contributed by atoms with E-state index in [1.54, 1.807) is 4.90 Å². The van der Waals surface area contributed by atoms with Crippen molar-refractivity contribution in [3.05, 3.63) is 89.5 Å². The molecule has 2 amide bonds. The van der Waals surface area contributed by atoms with Crippen molar-refractivity contribution in [2.45, 2.75) is 69.7 Å². The Labute approximate surface area is 253 Å². The summed E-state index contributed by atoms with van der Waals surface area (Å²) < 4.78 is 12.7. The van der Waals surface area contributed by atoms with Crippen molar-refractivity contribution in [3.8, 4) is 0 Å². The maximum absolute atomic E-state index is 14.9. The predicted octanol–water partition coefficient (Wildman–Crippen LogP) is 4.06. The first-order valence-corrected chi connectivity index (χ1v) is 15.3. The standard InChI is InChI=1S/C35H40N2O6/c1-23-13-11-14-24(2)29(23)36-19-12-18-35-27(28-33(41)42-20-10-5-4-9-17-34(28,3)43-35)31(39)37(30(35)32(36)40)26(22-38)21-25-15-7-6-8-16-25/h6-9,11-18,26-28,30,38H,4-5,10,19-22H2,1-3H3/b17-9-/t26-,27+,28-,30?,34+,35+/m1/s1. The van der Waals surface area contributed by atoms with Crippen molar-refractivity contribution < 1.29 is 29.0 Å². The van der Waals surface area contributed by atoms with Gasteiger partial charge in [-0.2, -0.15) is 0 Å². The molecule has 6 rings (SSSR count). The summed E-state index contributed by atoms with van der Waals surface area (Å²) in [4.78, 5) is 46.7. The summed E-state index contributed by atoms with van der Waals surface area (Å²) in [5.41, 5.74) is 0.999. The van der Waals surface area contributed by atoms with Crippen LogP contribution in [0.4, 0.5) is 5.69 Å². The molecule has 226 valence electrons. The molecule has 1 spiro atoms. The summed E-state index contributed by atoms with van der Waals surface area (Å²) in [5, 5.41) is 10.7. The number of cyclic esters (lactones) is 1. The summed E-state index contributed by atoms with van der Waals surface area (Å²) in [6, 6.07) is 13.7. The summed E-state index contributed by atoms with van der Waals surface area (Å²) >= 11 is 0. The molecule has 1 N–H and O–H groups in total. The Morgan fingerprint density at radius 2 is 1.67 bits per heavy atom. The molecule has 0 saturated carbocycles. The Morgan fingerprint density at radius 1 is 0.930 bits per heavy atom. The molecule has 43 heavy (non-hydrogen) atoms. The number of para-hydroxylation sites is 1. The van der Waals surface area contributed by atoms with Crippen molar-refractivity contribution in [3.63, 3.8) is 0 Å². The Kier molecular flexibility index (Phi) is 7.77. The molecule has 2 aromatic rings. The van der Waals surface area contributed by atoms with Crippen LogP contribution in [0.5, 0.6) is 0 Å². The van der Waals surface area contributed by atoms with Crippen LogP contribution in [0.2, 0.25) is 0 Å². The highest BCUT2D eigenvalue weighted by molar-refractivity contribution is 6.06. The van der Waals surface area contributed by atoms with Gasteiger partial charge in [0.1, 0.15) is 17.6 Å². The van der Waals surface area contributed by atoms with Gasteiger partial charge in [0.25, 0.3) is 5.91 Å². The topological polar surface area (TPSA) is 96.4 Å². The lowest BCUT2D eigenvalue weighted by molar-refractivity contribution is -0.160. The largest absolute Gasteiger partial charge is 0.465 e. The van der Waals surface area contributed by atoms with Crippen molar-refractivity contribution in [2.75, 3.05) is 24.7 Å². The summed E-state index contributed by atoms with van der Waals surface area (Å²) in [6.45, 7) is 5.94. The minimum Gasteiger partial charge on any atom is -0.465 e. The first kappa shape index (κ1) is 29.3. The number of benzene rings is 2. The van der Waals surface area contributed by atoms with Gasteiger partial charge in [0, 0.05) is 12.2 Å². The average Bonchev–Trinajstić information content (AvgIpc) is 3.32. The predicted molar refractivity (Wildman–Crippen MR) is 162 cm³/mol. The average molecular weight is 585 g/mol. The van der Waals surface area contributed by atoms with Gasteiger partial charge in [0.05, 0.1) is 30.8 Å². The number of nitrogens with zero attached hydrogens (tertiary/aromatic N) is 2. The van der Waals surface area contributed by atoms with Gasteiger partial charge in [-0.3, -0.25) is 14.4 Å².